The molecule has 2 heterocycles. The maximum absolute atomic E-state index is 11.8. The van der Waals surface area contributed by atoms with Crippen LogP contribution in [0.4, 0.5) is 0 Å². The molecule has 4 nitrogen and oxygen atoms in total. The van der Waals surface area contributed by atoms with Gasteiger partial charge in [0.05, 0.1) is 28.0 Å². The first-order valence-corrected chi connectivity index (χ1v) is 21.2. The third kappa shape index (κ3) is 8.61. The molecule has 0 radical (unpaired) electrons. The van der Waals surface area contributed by atoms with Crippen molar-refractivity contribution in [1.29, 1.82) is 0 Å². The van der Waals surface area contributed by atoms with Gasteiger partial charge in [0.2, 0.25) is 0 Å². The van der Waals surface area contributed by atoms with Crippen molar-refractivity contribution in [2.24, 2.45) is 0 Å². The standard InChI is InChI=1S/C59H63N3O/c1-35(2)43-28-44(36(3)4)30-45(29-43)41-19-22-53(38(6)27-41)62-54-16-14-15-50(55(54)61-57(62)51-26-37(5)25-39(7)56(51)63)46-31-47(33-49(32-46)59(11,12)13)52-34-42(23-24-60-52)40-17-20-48(21-18-40)58(8,9)10/h14-36,63H,1-13H3/i6D3,8D3,9D3,10D3,35D,36D. The van der Waals surface area contributed by atoms with Gasteiger partial charge in [0.1, 0.15) is 11.6 Å². The molecule has 0 aliphatic heterocycles. The van der Waals surface area contributed by atoms with Gasteiger partial charge in [0, 0.05) is 36.5 Å². The van der Waals surface area contributed by atoms with Gasteiger partial charge in [0.15, 0.2) is 0 Å². The molecule has 0 spiro atoms. The van der Waals surface area contributed by atoms with E-state index in [0.717, 1.165) is 22.3 Å². The number of fused-ring (bicyclic) bond motifs is 1. The lowest BCUT2D eigenvalue weighted by Gasteiger charge is -2.22. The number of hydrogen-bond donors (Lipinski definition) is 1. The number of rotatable bonds is 8. The van der Waals surface area contributed by atoms with Crippen LogP contribution < -0.4 is 0 Å². The Hall–Kier alpha value is -6.26. The molecule has 0 atom stereocenters. The second-order valence-corrected chi connectivity index (χ2v) is 18.3. The average molecular weight is 844 g/mol. The van der Waals surface area contributed by atoms with E-state index in [1.807, 2.05) is 79.7 Å². The maximum Gasteiger partial charge on any atom is 0.149 e. The summed E-state index contributed by atoms with van der Waals surface area (Å²) < 4.78 is 120. The Morgan fingerprint density at radius 3 is 1.95 bits per heavy atom. The summed E-state index contributed by atoms with van der Waals surface area (Å²) in [4.78, 5) is 10.1. The van der Waals surface area contributed by atoms with Gasteiger partial charge in [-0.15, -0.1) is 0 Å². The minimum absolute atomic E-state index is 0.00936. The summed E-state index contributed by atoms with van der Waals surface area (Å²) in [5.41, 5.74) is 7.00. The van der Waals surface area contributed by atoms with Gasteiger partial charge >= 0.3 is 0 Å². The van der Waals surface area contributed by atoms with E-state index in [2.05, 4.69) is 26.8 Å². The van der Waals surface area contributed by atoms with E-state index in [1.165, 1.54) is 24.3 Å². The molecule has 0 amide bonds. The lowest BCUT2D eigenvalue weighted by Crippen LogP contribution is -2.11. The average Bonchev–Trinajstić information content (AvgIpc) is 3.70. The molecule has 8 rings (SSSR count). The fourth-order valence-electron chi connectivity index (χ4n) is 8.21. The molecule has 8 aromatic rings. The number of hydrogen-bond acceptors (Lipinski definition) is 3. The monoisotopic (exact) mass is 844 g/mol. The number of pyridine rings is 1. The van der Waals surface area contributed by atoms with Gasteiger partial charge < -0.3 is 5.11 Å². The Kier molecular flexibility index (Phi) is 7.62. The highest BCUT2D eigenvalue weighted by molar-refractivity contribution is 5.97. The van der Waals surface area contributed by atoms with Crippen molar-refractivity contribution >= 4 is 11.0 Å². The van der Waals surface area contributed by atoms with Crippen LogP contribution in [0.5, 0.6) is 5.75 Å². The lowest BCUT2D eigenvalue weighted by molar-refractivity contribution is 0.472. The smallest absolute Gasteiger partial charge is 0.149 e. The van der Waals surface area contributed by atoms with Crippen molar-refractivity contribution in [2.75, 3.05) is 0 Å². The van der Waals surface area contributed by atoms with Crippen LogP contribution >= 0.6 is 0 Å². The third-order valence-corrected chi connectivity index (χ3v) is 11.8. The van der Waals surface area contributed by atoms with Crippen molar-refractivity contribution in [3.63, 3.8) is 0 Å². The fraction of sp³-hybridized carbons (Fsp3) is 0.288. The number of para-hydroxylation sites is 1. The number of nitrogens with zero attached hydrogens (tertiary/aromatic N) is 3. The van der Waals surface area contributed by atoms with Gasteiger partial charge in [-0.2, -0.15) is 0 Å². The van der Waals surface area contributed by atoms with E-state index < -0.39 is 44.6 Å². The molecule has 320 valence electrons. The molecule has 4 heteroatoms. The first-order chi connectivity index (χ1) is 35.3. The number of phenolic OH excluding ortho intramolecular Hbond substituents is 1. The highest BCUT2D eigenvalue weighted by atomic mass is 16.3. The van der Waals surface area contributed by atoms with Gasteiger partial charge in [-0.1, -0.05) is 142 Å². The van der Waals surface area contributed by atoms with E-state index in [-0.39, 0.29) is 22.3 Å². The minimum atomic E-state index is -3.40. The van der Waals surface area contributed by atoms with Crippen molar-refractivity contribution in [1.82, 2.24) is 14.5 Å². The molecule has 63 heavy (non-hydrogen) atoms. The van der Waals surface area contributed by atoms with E-state index in [9.17, 15) is 5.11 Å². The summed E-state index contributed by atoms with van der Waals surface area (Å²) in [5.74, 6) is -1.70. The van der Waals surface area contributed by atoms with E-state index >= 15 is 0 Å². The Morgan fingerprint density at radius 2 is 1.29 bits per heavy atom. The summed E-state index contributed by atoms with van der Waals surface area (Å²) in [6.07, 6.45) is 1.63. The predicted molar refractivity (Wildman–Crippen MR) is 267 cm³/mol. The molecule has 0 fully saturated rings. The first kappa shape index (κ1) is 29.2. The van der Waals surface area contributed by atoms with Crippen molar-refractivity contribution in [3.8, 4) is 67.5 Å². The molecular weight excluding hydrogens is 767 g/mol. The Balaban J connectivity index is 1.34. The largest absolute Gasteiger partial charge is 0.507 e. The zero-order valence-electron chi connectivity index (χ0n) is 51.4. The maximum atomic E-state index is 11.8. The van der Waals surface area contributed by atoms with E-state index in [1.54, 1.807) is 63.6 Å². The summed E-state index contributed by atoms with van der Waals surface area (Å²) in [6.45, 7) is 4.25. The normalized spacial score (nSPS) is 16.7. The minimum Gasteiger partial charge on any atom is -0.507 e. The molecule has 0 aliphatic carbocycles. The van der Waals surface area contributed by atoms with E-state index in [4.69, 9.17) is 29.2 Å². The second-order valence-electron chi connectivity index (χ2n) is 18.3. The summed E-state index contributed by atoms with van der Waals surface area (Å²) in [6, 6.07) is 35.5. The van der Waals surface area contributed by atoms with Crippen LogP contribution in [0, 0.1) is 20.7 Å². The SMILES string of the molecule is [2H]C([2H])([2H])c1cc(-c2cc(C([2H])(C)C)cc(C([2H])(C)C)c2)ccc1-n1c(-c2cc(C)cc(C)c2O)nc2c(-c3cc(-c4cc(-c5ccc(C(C([2H])([2H])[2H])(C([2H])([2H])[2H])C([2H])([2H])[2H])cc5)ccn4)cc(C(C)(C)C)c3)cccc21. The van der Waals surface area contributed by atoms with Gasteiger partial charge in [0.25, 0.3) is 0 Å². The molecule has 2 aromatic heterocycles. The van der Waals surface area contributed by atoms with Crippen LogP contribution in [0.15, 0.2) is 128 Å². The first-order valence-electron chi connectivity index (χ1n) is 28.2. The number of imidazole rings is 1. The summed E-state index contributed by atoms with van der Waals surface area (Å²) >= 11 is 0. The van der Waals surface area contributed by atoms with E-state index in [0.29, 0.717) is 78.3 Å². The Bertz CT molecular complexity index is 3490. The van der Waals surface area contributed by atoms with Crippen molar-refractivity contribution in [2.45, 2.75) is 112 Å². The summed E-state index contributed by atoms with van der Waals surface area (Å²) in [7, 11) is 0. The molecule has 0 bridgehead atoms. The zero-order chi connectivity index (χ0) is 57.0. The van der Waals surface area contributed by atoms with Gasteiger partial charge in [-0.3, -0.25) is 9.55 Å². The predicted octanol–water partition coefficient (Wildman–Crippen LogP) is 16.2. The Labute approximate surface area is 395 Å². The highest BCUT2D eigenvalue weighted by Crippen LogP contribution is 2.42. The zero-order valence-corrected chi connectivity index (χ0v) is 37.4. The Morgan fingerprint density at radius 1 is 0.603 bits per heavy atom. The van der Waals surface area contributed by atoms with Crippen LogP contribution in [0.1, 0.15) is 139 Å². The molecule has 1 N–H and O–H groups in total. The molecule has 0 unspecified atom stereocenters. The molecular formula is C59H63N3O. The van der Waals surface area contributed by atoms with Crippen LogP contribution in [0.25, 0.3) is 72.7 Å². The molecule has 6 aromatic carbocycles. The van der Waals surface area contributed by atoms with Crippen LogP contribution in [0.3, 0.4) is 0 Å². The van der Waals surface area contributed by atoms with Crippen LogP contribution in [-0.4, -0.2) is 19.6 Å². The lowest BCUT2D eigenvalue weighted by atomic mass is 9.83. The number of aromatic hydroxyl groups is 1. The molecule has 0 aliphatic rings. The fourth-order valence-corrected chi connectivity index (χ4v) is 8.21. The molecule has 0 saturated carbocycles. The summed E-state index contributed by atoms with van der Waals surface area (Å²) in [5, 5.41) is 11.8. The number of aryl methyl sites for hydroxylation is 3. The van der Waals surface area contributed by atoms with Crippen LogP contribution in [-0.2, 0) is 10.8 Å². The molecule has 0 saturated heterocycles. The van der Waals surface area contributed by atoms with Gasteiger partial charge in [-0.25, -0.2) is 4.98 Å². The highest BCUT2D eigenvalue weighted by Gasteiger charge is 2.24. The van der Waals surface area contributed by atoms with Gasteiger partial charge in [-0.05, 0) is 159 Å². The number of benzene rings is 6. The van der Waals surface area contributed by atoms with Crippen LogP contribution in [0.2, 0.25) is 0 Å². The topological polar surface area (TPSA) is 50.9 Å². The van der Waals surface area contributed by atoms with Crippen molar-refractivity contribution < 1.29 is 24.3 Å². The third-order valence-electron chi connectivity index (χ3n) is 11.8. The number of phenols is 1. The quantitative estimate of drug-likeness (QED) is 0.166. The van der Waals surface area contributed by atoms with Crippen molar-refractivity contribution in [3.05, 3.63) is 166 Å². The number of aromatic nitrogens is 3. The second kappa shape index (κ2) is 16.5.